The van der Waals surface area contributed by atoms with E-state index in [9.17, 15) is 14.7 Å². The second-order valence-corrected chi connectivity index (χ2v) is 12.3. The van der Waals surface area contributed by atoms with Crippen LogP contribution in [0.5, 0.6) is 0 Å². The minimum atomic E-state index is -0.669. The minimum Gasteiger partial charge on any atom is -0.390 e. The van der Waals surface area contributed by atoms with Crippen molar-refractivity contribution in [1.82, 2.24) is 14.9 Å². The van der Waals surface area contributed by atoms with Crippen molar-refractivity contribution in [2.75, 3.05) is 11.9 Å². The van der Waals surface area contributed by atoms with E-state index in [1.807, 2.05) is 17.9 Å². The molecule has 184 valence electrons. The second kappa shape index (κ2) is 9.04. The predicted octanol–water partition coefficient (Wildman–Crippen LogP) is 5.08. The van der Waals surface area contributed by atoms with E-state index in [2.05, 4.69) is 43.0 Å². The number of nitrogens with one attached hydrogen (secondary N) is 1. The summed E-state index contributed by atoms with van der Waals surface area (Å²) in [6.07, 6.45) is 5.33. The van der Waals surface area contributed by atoms with E-state index in [1.54, 1.807) is 13.1 Å². The van der Waals surface area contributed by atoms with Gasteiger partial charge >= 0.3 is 0 Å². The van der Waals surface area contributed by atoms with Crippen LogP contribution in [0.1, 0.15) is 92.6 Å². The van der Waals surface area contributed by atoms with E-state index in [1.165, 1.54) is 11.3 Å². The average Bonchev–Trinajstić information content (AvgIpc) is 3.31. The van der Waals surface area contributed by atoms with Gasteiger partial charge in [-0.05, 0) is 84.8 Å². The summed E-state index contributed by atoms with van der Waals surface area (Å²) in [5.74, 6) is 0.765. The zero-order valence-electron chi connectivity index (χ0n) is 21.1. The molecule has 8 heteroatoms. The first-order valence-electron chi connectivity index (χ1n) is 12.2. The van der Waals surface area contributed by atoms with Crippen LogP contribution < -0.4 is 5.32 Å². The zero-order chi connectivity index (χ0) is 24.8. The van der Waals surface area contributed by atoms with Gasteiger partial charge in [0, 0.05) is 36.3 Å². The Bertz CT molecular complexity index is 1090. The molecule has 3 heterocycles. The molecule has 0 radical (unpaired) electrons. The number of rotatable bonds is 6. The van der Waals surface area contributed by atoms with Crippen LogP contribution >= 0.6 is 11.3 Å². The number of likely N-dealkylation sites (tertiary alicyclic amines) is 1. The number of ketones is 1. The van der Waals surface area contributed by atoms with E-state index >= 15 is 0 Å². The van der Waals surface area contributed by atoms with Crippen LogP contribution in [-0.4, -0.2) is 55.4 Å². The summed E-state index contributed by atoms with van der Waals surface area (Å²) in [4.78, 5) is 38.4. The molecule has 2 aliphatic rings. The molecule has 1 saturated heterocycles. The molecule has 7 nitrogen and oxygen atoms in total. The van der Waals surface area contributed by atoms with Crippen molar-refractivity contribution in [3.8, 4) is 10.4 Å². The molecule has 0 unspecified atom stereocenters. The van der Waals surface area contributed by atoms with Crippen molar-refractivity contribution >= 4 is 28.8 Å². The maximum absolute atomic E-state index is 13.5. The molecule has 1 saturated carbocycles. The number of aliphatic hydroxyl groups is 1. The Balaban J connectivity index is 1.67. The lowest BCUT2D eigenvalue weighted by Gasteiger charge is -2.40. The predicted molar refractivity (Wildman–Crippen MR) is 135 cm³/mol. The van der Waals surface area contributed by atoms with Crippen molar-refractivity contribution in [2.24, 2.45) is 5.92 Å². The Morgan fingerprint density at radius 1 is 1.32 bits per heavy atom. The van der Waals surface area contributed by atoms with E-state index in [4.69, 9.17) is 0 Å². The Hall–Kier alpha value is -2.32. The Morgan fingerprint density at radius 3 is 2.59 bits per heavy atom. The normalized spacial score (nSPS) is 24.7. The number of nitrogens with zero attached hydrogens (tertiary/aromatic N) is 3. The van der Waals surface area contributed by atoms with Crippen molar-refractivity contribution in [2.45, 2.75) is 90.8 Å². The number of aryl methyl sites for hydroxylation is 1. The number of hydrogen-bond acceptors (Lipinski definition) is 7. The van der Waals surface area contributed by atoms with Crippen LogP contribution in [0.25, 0.3) is 10.4 Å². The van der Waals surface area contributed by atoms with Gasteiger partial charge in [-0.25, -0.2) is 9.97 Å². The van der Waals surface area contributed by atoms with E-state index in [0.29, 0.717) is 41.4 Å². The zero-order valence-corrected chi connectivity index (χ0v) is 21.9. The van der Waals surface area contributed by atoms with Crippen LogP contribution in [0.4, 0.5) is 5.82 Å². The molecule has 2 aromatic rings. The van der Waals surface area contributed by atoms with Crippen LogP contribution in [0.15, 0.2) is 12.3 Å². The lowest BCUT2D eigenvalue weighted by atomic mass is 9.70. The van der Waals surface area contributed by atoms with Crippen molar-refractivity contribution in [1.29, 1.82) is 0 Å². The lowest BCUT2D eigenvalue weighted by molar-refractivity contribution is -0.0564. The highest BCUT2D eigenvalue weighted by Crippen LogP contribution is 2.41. The SMILES string of the molecule is Cc1cc(NC(C)(C)C)ncc1-c1sc(C(=O)C[C@H]2C[C@@](C)(O)C2)nc1C(=O)N1CCC[C@@H]1C. The standard InChI is InChI=1S/C26H36N4O3S/c1-15-10-20(29-25(3,4)5)27-14-18(15)22-21(24(32)30-9-7-8-16(30)2)28-23(34-22)19(31)11-17-12-26(6,33)13-17/h10,14,16-17,33H,7-9,11-13H2,1-6H3,(H,27,29)/t16-,17-,26+/m0/s1. The van der Waals surface area contributed by atoms with Gasteiger partial charge in [-0.2, -0.15) is 0 Å². The maximum Gasteiger partial charge on any atom is 0.274 e. The van der Waals surface area contributed by atoms with Gasteiger partial charge in [0.2, 0.25) is 0 Å². The van der Waals surface area contributed by atoms with E-state index < -0.39 is 5.60 Å². The van der Waals surface area contributed by atoms with Gasteiger partial charge in [-0.15, -0.1) is 11.3 Å². The number of anilines is 1. The molecular weight excluding hydrogens is 448 g/mol. The highest BCUT2D eigenvalue weighted by molar-refractivity contribution is 7.17. The molecule has 1 aliphatic heterocycles. The second-order valence-electron chi connectivity index (χ2n) is 11.3. The van der Waals surface area contributed by atoms with Gasteiger partial charge in [-0.3, -0.25) is 9.59 Å². The van der Waals surface area contributed by atoms with Crippen LogP contribution in [0, 0.1) is 12.8 Å². The molecule has 1 aliphatic carbocycles. The van der Waals surface area contributed by atoms with Crippen molar-refractivity contribution in [3.05, 3.63) is 28.5 Å². The summed E-state index contributed by atoms with van der Waals surface area (Å²) >= 11 is 1.29. The highest BCUT2D eigenvalue weighted by atomic mass is 32.1. The first kappa shape index (κ1) is 24.8. The summed E-state index contributed by atoms with van der Waals surface area (Å²) in [5.41, 5.74) is 1.37. The number of carbonyl (C=O) groups excluding carboxylic acids is 2. The van der Waals surface area contributed by atoms with E-state index in [-0.39, 0.29) is 29.2 Å². The first-order chi connectivity index (χ1) is 15.8. The molecule has 2 fully saturated rings. The smallest absolute Gasteiger partial charge is 0.274 e. The van der Waals surface area contributed by atoms with Crippen LogP contribution in [0.3, 0.4) is 0 Å². The van der Waals surface area contributed by atoms with Gasteiger partial charge in [-0.1, -0.05) is 0 Å². The van der Waals surface area contributed by atoms with Crippen molar-refractivity contribution < 1.29 is 14.7 Å². The topological polar surface area (TPSA) is 95.4 Å². The maximum atomic E-state index is 13.5. The van der Waals surface area contributed by atoms with Gasteiger partial charge in [0.1, 0.15) is 11.5 Å². The molecule has 0 bridgehead atoms. The molecule has 0 spiro atoms. The molecule has 1 amide bonds. The summed E-state index contributed by atoms with van der Waals surface area (Å²) in [6, 6.07) is 2.14. The molecule has 1 atom stereocenters. The highest BCUT2D eigenvalue weighted by Gasteiger charge is 2.40. The minimum absolute atomic E-state index is 0.0584. The lowest BCUT2D eigenvalue weighted by Crippen LogP contribution is -2.41. The number of pyridine rings is 1. The van der Waals surface area contributed by atoms with Gasteiger partial charge in [0.05, 0.1) is 10.5 Å². The third-order valence-corrected chi connectivity index (χ3v) is 7.80. The average molecular weight is 485 g/mol. The third kappa shape index (κ3) is 5.33. The van der Waals surface area contributed by atoms with Crippen molar-refractivity contribution in [3.63, 3.8) is 0 Å². The monoisotopic (exact) mass is 484 g/mol. The number of amides is 1. The third-order valence-electron chi connectivity index (χ3n) is 6.67. The first-order valence-corrected chi connectivity index (χ1v) is 13.0. The molecular formula is C26H36N4O3S. The van der Waals surface area contributed by atoms with E-state index in [0.717, 1.165) is 29.8 Å². The fourth-order valence-electron chi connectivity index (χ4n) is 5.06. The van der Waals surface area contributed by atoms with Crippen LogP contribution in [-0.2, 0) is 0 Å². The molecule has 4 rings (SSSR count). The Labute approximate surface area is 206 Å². The van der Waals surface area contributed by atoms with Gasteiger partial charge < -0.3 is 15.3 Å². The summed E-state index contributed by atoms with van der Waals surface area (Å²) < 4.78 is 0. The molecule has 0 aromatic carbocycles. The fourth-order valence-corrected chi connectivity index (χ4v) is 6.14. The Morgan fingerprint density at radius 2 is 2.03 bits per heavy atom. The van der Waals surface area contributed by atoms with Gasteiger partial charge in [0.25, 0.3) is 5.91 Å². The van der Waals surface area contributed by atoms with Gasteiger partial charge in [0.15, 0.2) is 10.8 Å². The number of carbonyl (C=O) groups is 2. The summed E-state index contributed by atoms with van der Waals surface area (Å²) in [7, 11) is 0. The molecule has 34 heavy (non-hydrogen) atoms. The van der Waals surface area contributed by atoms with Crippen LogP contribution in [0.2, 0.25) is 0 Å². The number of thiazole rings is 1. The summed E-state index contributed by atoms with van der Waals surface area (Å²) in [6.45, 7) is 12.8. The summed E-state index contributed by atoms with van der Waals surface area (Å²) in [5, 5.41) is 13.8. The number of aromatic nitrogens is 2. The Kier molecular flexibility index (Phi) is 6.59. The fraction of sp³-hybridized carbons (Fsp3) is 0.615. The largest absolute Gasteiger partial charge is 0.390 e. The molecule has 2 aromatic heterocycles. The number of hydrogen-bond donors (Lipinski definition) is 2. The number of Topliss-reactive ketones (excluding diaryl/α,β-unsaturated/α-hetero) is 1. The quantitative estimate of drug-likeness (QED) is 0.555. The molecule has 2 N–H and O–H groups in total.